The highest BCUT2D eigenvalue weighted by molar-refractivity contribution is 8.03. The highest BCUT2D eigenvalue weighted by Crippen LogP contribution is 2.37. The van der Waals surface area contributed by atoms with Crippen molar-refractivity contribution in [3.63, 3.8) is 0 Å². The van der Waals surface area contributed by atoms with Gasteiger partial charge in [0.2, 0.25) is 5.91 Å². The van der Waals surface area contributed by atoms with Crippen molar-refractivity contribution in [1.29, 1.82) is 0 Å². The maximum atomic E-state index is 13.0. The number of amides is 3. The fourth-order valence-electron chi connectivity index (χ4n) is 2.98. The van der Waals surface area contributed by atoms with E-state index in [-0.39, 0.29) is 30.9 Å². The molecule has 7 heteroatoms. The molecule has 1 aliphatic heterocycles. The van der Waals surface area contributed by atoms with Gasteiger partial charge < -0.3 is 10.1 Å². The lowest BCUT2D eigenvalue weighted by Crippen LogP contribution is -2.34. The molecule has 1 heterocycles. The highest BCUT2D eigenvalue weighted by Gasteiger charge is 2.38. The number of anilines is 1. The molecule has 0 aromatic heterocycles. The molecule has 0 saturated carbocycles. The van der Waals surface area contributed by atoms with Gasteiger partial charge in [-0.3, -0.25) is 19.3 Å². The number of rotatable bonds is 8. The Morgan fingerprint density at radius 3 is 2.34 bits per heavy atom. The van der Waals surface area contributed by atoms with Crippen molar-refractivity contribution in [2.24, 2.45) is 0 Å². The topological polar surface area (TPSA) is 75.7 Å². The van der Waals surface area contributed by atoms with Gasteiger partial charge in [-0.05, 0) is 23.3 Å². The van der Waals surface area contributed by atoms with Gasteiger partial charge in [0.05, 0.1) is 23.6 Å². The van der Waals surface area contributed by atoms with Crippen LogP contribution < -0.4 is 5.32 Å². The first-order valence-electron chi connectivity index (χ1n) is 9.15. The van der Waals surface area contributed by atoms with E-state index in [0.717, 1.165) is 5.56 Å². The summed E-state index contributed by atoms with van der Waals surface area (Å²) in [6, 6.07) is 16.7. The van der Waals surface area contributed by atoms with Crippen LogP contribution in [-0.2, 0) is 24.9 Å². The van der Waals surface area contributed by atoms with E-state index in [1.807, 2.05) is 30.3 Å². The molecule has 0 spiro atoms. The molecule has 3 amide bonds. The standard InChI is InChI=1S/C22H22N2O4S/c1-15(25)23-18-10-8-17(9-11-18)19-20(29-14-16-6-4-3-5-7-16)22(27)24(21(19)26)12-13-28-2/h3-11H,12-14H2,1-2H3,(H,23,25). The average molecular weight is 410 g/mol. The summed E-state index contributed by atoms with van der Waals surface area (Å²) in [5.41, 5.74) is 2.74. The van der Waals surface area contributed by atoms with E-state index in [0.29, 0.717) is 27.5 Å². The minimum atomic E-state index is -0.324. The lowest BCUT2D eigenvalue weighted by molar-refractivity contribution is -0.137. The first kappa shape index (κ1) is 20.8. The predicted octanol–water partition coefficient (Wildman–Crippen LogP) is 3.30. The molecule has 0 saturated heterocycles. The summed E-state index contributed by atoms with van der Waals surface area (Å²) in [4.78, 5) is 38.9. The van der Waals surface area contributed by atoms with Crippen LogP contribution in [0.4, 0.5) is 5.69 Å². The molecule has 2 aromatic carbocycles. The average Bonchev–Trinajstić information content (AvgIpc) is 2.95. The minimum Gasteiger partial charge on any atom is -0.383 e. The molecule has 0 fully saturated rings. The van der Waals surface area contributed by atoms with E-state index in [4.69, 9.17) is 4.74 Å². The number of hydrogen-bond acceptors (Lipinski definition) is 5. The zero-order valence-electron chi connectivity index (χ0n) is 16.3. The van der Waals surface area contributed by atoms with Crippen LogP contribution in [0.25, 0.3) is 5.57 Å². The first-order chi connectivity index (χ1) is 14.0. The number of thioether (sulfide) groups is 1. The van der Waals surface area contributed by atoms with Gasteiger partial charge in [0.1, 0.15) is 0 Å². The molecular weight excluding hydrogens is 388 g/mol. The Balaban J connectivity index is 1.91. The number of carbonyl (C=O) groups is 3. The number of imide groups is 1. The third kappa shape index (κ3) is 4.93. The summed E-state index contributed by atoms with van der Waals surface area (Å²) < 4.78 is 5.05. The molecule has 0 radical (unpaired) electrons. The lowest BCUT2D eigenvalue weighted by Gasteiger charge is -2.14. The maximum Gasteiger partial charge on any atom is 0.268 e. The highest BCUT2D eigenvalue weighted by atomic mass is 32.2. The van der Waals surface area contributed by atoms with E-state index in [1.165, 1.54) is 30.7 Å². The molecule has 29 heavy (non-hydrogen) atoms. The Morgan fingerprint density at radius 2 is 1.72 bits per heavy atom. The summed E-state index contributed by atoms with van der Waals surface area (Å²) in [5, 5.41) is 2.70. The zero-order chi connectivity index (χ0) is 20.8. The van der Waals surface area contributed by atoms with Crippen LogP contribution >= 0.6 is 11.8 Å². The van der Waals surface area contributed by atoms with Crippen molar-refractivity contribution in [1.82, 2.24) is 4.90 Å². The Morgan fingerprint density at radius 1 is 1.03 bits per heavy atom. The molecule has 1 N–H and O–H groups in total. The molecule has 0 unspecified atom stereocenters. The normalized spacial score (nSPS) is 13.9. The third-order valence-electron chi connectivity index (χ3n) is 4.36. The van der Waals surface area contributed by atoms with Crippen LogP contribution in [0, 0.1) is 0 Å². The minimum absolute atomic E-state index is 0.172. The van der Waals surface area contributed by atoms with Crippen molar-refractivity contribution in [2.45, 2.75) is 12.7 Å². The summed E-state index contributed by atoms with van der Waals surface area (Å²) in [6.07, 6.45) is 0. The Hall–Kier alpha value is -2.90. The van der Waals surface area contributed by atoms with Crippen molar-refractivity contribution in [3.05, 3.63) is 70.6 Å². The fourth-order valence-corrected chi connectivity index (χ4v) is 4.07. The summed E-state index contributed by atoms with van der Waals surface area (Å²) in [6.45, 7) is 1.92. The van der Waals surface area contributed by atoms with Crippen LogP contribution in [0.3, 0.4) is 0 Å². The lowest BCUT2D eigenvalue weighted by atomic mass is 10.1. The third-order valence-corrected chi connectivity index (χ3v) is 5.51. The number of methoxy groups -OCH3 is 1. The number of nitrogens with zero attached hydrogens (tertiary/aromatic N) is 1. The number of benzene rings is 2. The van der Waals surface area contributed by atoms with Crippen LogP contribution in [-0.4, -0.2) is 42.9 Å². The molecule has 1 aliphatic rings. The van der Waals surface area contributed by atoms with Crippen molar-refractivity contribution in [3.8, 4) is 0 Å². The van der Waals surface area contributed by atoms with Gasteiger partial charge in [-0.15, -0.1) is 11.8 Å². The monoisotopic (exact) mass is 410 g/mol. The molecule has 2 aromatic rings. The Kier molecular flexibility index (Phi) is 6.85. The summed E-state index contributed by atoms with van der Waals surface area (Å²) >= 11 is 1.36. The van der Waals surface area contributed by atoms with Crippen LogP contribution in [0.2, 0.25) is 0 Å². The predicted molar refractivity (Wildman–Crippen MR) is 114 cm³/mol. The van der Waals surface area contributed by atoms with Gasteiger partial charge >= 0.3 is 0 Å². The van der Waals surface area contributed by atoms with E-state index in [2.05, 4.69) is 5.32 Å². The second-order valence-corrected chi connectivity index (χ2v) is 7.48. The second-order valence-electron chi connectivity index (χ2n) is 6.49. The van der Waals surface area contributed by atoms with Crippen molar-refractivity contribution >= 4 is 40.7 Å². The number of nitrogens with one attached hydrogen (secondary N) is 1. The zero-order valence-corrected chi connectivity index (χ0v) is 17.1. The van der Waals surface area contributed by atoms with Gasteiger partial charge in [0.15, 0.2) is 0 Å². The van der Waals surface area contributed by atoms with Gasteiger partial charge in [-0.1, -0.05) is 42.5 Å². The number of carbonyl (C=O) groups excluding carboxylic acids is 3. The number of hydrogen-bond donors (Lipinski definition) is 1. The Labute approximate surface area is 173 Å². The molecular formula is C22H22N2O4S. The van der Waals surface area contributed by atoms with Gasteiger partial charge in [0.25, 0.3) is 11.8 Å². The van der Waals surface area contributed by atoms with E-state index in [9.17, 15) is 14.4 Å². The van der Waals surface area contributed by atoms with Crippen molar-refractivity contribution in [2.75, 3.05) is 25.6 Å². The van der Waals surface area contributed by atoms with Crippen molar-refractivity contribution < 1.29 is 19.1 Å². The molecule has 0 atom stereocenters. The summed E-state index contributed by atoms with van der Waals surface area (Å²) in [5.74, 6) is -0.210. The van der Waals surface area contributed by atoms with Crippen LogP contribution in [0.15, 0.2) is 59.5 Å². The second kappa shape index (κ2) is 9.54. The van der Waals surface area contributed by atoms with Crippen LogP contribution in [0.5, 0.6) is 0 Å². The largest absolute Gasteiger partial charge is 0.383 e. The van der Waals surface area contributed by atoms with Gasteiger partial charge in [-0.25, -0.2) is 0 Å². The van der Waals surface area contributed by atoms with Gasteiger partial charge in [-0.2, -0.15) is 0 Å². The van der Waals surface area contributed by atoms with Gasteiger partial charge in [0, 0.05) is 25.5 Å². The SMILES string of the molecule is COCCN1C(=O)C(SCc2ccccc2)=C(c2ccc(NC(C)=O)cc2)C1=O. The molecule has 150 valence electrons. The number of ether oxygens (including phenoxy) is 1. The summed E-state index contributed by atoms with van der Waals surface area (Å²) in [7, 11) is 1.53. The fraction of sp³-hybridized carbons (Fsp3) is 0.227. The maximum absolute atomic E-state index is 13.0. The smallest absolute Gasteiger partial charge is 0.268 e. The quantitative estimate of drug-likeness (QED) is 0.676. The molecule has 0 aliphatic carbocycles. The Bertz CT molecular complexity index is 939. The van der Waals surface area contributed by atoms with Crippen LogP contribution in [0.1, 0.15) is 18.1 Å². The van der Waals surface area contributed by atoms with E-state index in [1.54, 1.807) is 24.3 Å². The molecule has 6 nitrogen and oxygen atoms in total. The van der Waals surface area contributed by atoms with E-state index >= 15 is 0 Å². The molecule has 3 rings (SSSR count). The van der Waals surface area contributed by atoms with E-state index < -0.39 is 0 Å². The molecule has 0 bridgehead atoms. The first-order valence-corrected chi connectivity index (χ1v) is 10.1.